The molecule has 21 heavy (non-hydrogen) atoms. The van der Waals surface area contributed by atoms with Gasteiger partial charge in [0.25, 0.3) is 5.91 Å². The summed E-state index contributed by atoms with van der Waals surface area (Å²) >= 11 is 1.43. The van der Waals surface area contributed by atoms with Gasteiger partial charge >= 0.3 is 0 Å². The molecule has 3 rings (SSSR count). The Bertz CT molecular complexity index is 629. The first-order valence-electron chi connectivity index (χ1n) is 6.78. The van der Waals surface area contributed by atoms with Crippen LogP contribution < -0.4 is 11.1 Å². The predicted molar refractivity (Wildman–Crippen MR) is 87.1 cm³/mol. The minimum absolute atomic E-state index is 0. The maximum absolute atomic E-state index is 12.0. The lowest BCUT2D eigenvalue weighted by atomic mass is 10.0. The Kier molecular flexibility index (Phi) is 5.33. The summed E-state index contributed by atoms with van der Waals surface area (Å²) in [6, 6.07) is 8.47. The maximum Gasteiger partial charge on any atom is 0.270 e. The number of halogens is 1. The number of thiazole rings is 1. The maximum atomic E-state index is 12.0. The molecule has 0 spiro atoms. The van der Waals surface area contributed by atoms with Gasteiger partial charge in [0, 0.05) is 24.4 Å². The van der Waals surface area contributed by atoms with E-state index in [1.54, 1.807) is 5.38 Å². The third kappa shape index (κ3) is 3.43. The fourth-order valence-corrected chi connectivity index (χ4v) is 3.33. The Morgan fingerprint density at radius 2 is 2.24 bits per heavy atom. The van der Waals surface area contributed by atoms with Gasteiger partial charge in [-0.2, -0.15) is 0 Å². The summed E-state index contributed by atoms with van der Waals surface area (Å²) in [6.45, 7) is 1.05. The first-order chi connectivity index (χ1) is 9.78. The van der Waals surface area contributed by atoms with E-state index in [0.717, 1.165) is 17.8 Å². The van der Waals surface area contributed by atoms with Gasteiger partial charge in [0.1, 0.15) is 10.7 Å². The van der Waals surface area contributed by atoms with Crippen LogP contribution >= 0.6 is 23.7 Å². The zero-order chi connectivity index (χ0) is 13.9. The summed E-state index contributed by atoms with van der Waals surface area (Å²) in [6.07, 6.45) is 2.20. The fourth-order valence-electron chi connectivity index (χ4n) is 2.67. The van der Waals surface area contributed by atoms with Crippen molar-refractivity contribution in [2.75, 3.05) is 6.54 Å². The number of nitrogens with zero attached hydrogens (tertiary/aromatic N) is 1. The molecule has 1 amide bonds. The molecule has 0 fully saturated rings. The zero-order valence-electron chi connectivity index (χ0n) is 11.5. The molecule has 0 aliphatic heterocycles. The number of hydrogen-bond acceptors (Lipinski definition) is 4. The minimum Gasteiger partial charge on any atom is -0.350 e. The summed E-state index contributed by atoms with van der Waals surface area (Å²) in [5, 5.41) is 5.54. The van der Waals surface area contributed by atoms with Gasteiger partial charge in [-0.05, 0) is 24.0 Å². The monoisotopic (exact) mass is 323 g/mol. The molecule has 6 heteroatoms. The van der Waals surface area contributed by atoms with E-state index in [-0.39, 0.29) is 18.3 Å². The Morgan fingerprint density at radius 1 is 1.43 bits per heavy atom. The zero-order valence-corrected chi connectivity index (χ0v) is 13.2. The van der Waals surface area contributed by atoms with Crippen LogP contribution in [0.2, 0.25) is 0 Å². The molecular formula is C15H18ClN3OS. The molecule has 1 aromatic carbocycles. The summed E-state index contributed by atoms with van der Waals surface area (Å²) in [7, 11) is 0. The Balaban J connectivity index is 0.00000161. The standard InChI is InChI=1S/C15H17N3OS.ClH/c16-7-14-18-13(9-20-14)15(19)17-8-11-6-5-10-3-1-2-4-12(10)11;/h1-4,9,11H,5-8,16H2,(H,17,19);1H. The second-order valence-corrected chi connectivity index (χ2v) is 5.92. The van der Waals surface area contributed by atoms with Crippen molar-refractivity contribution in [1.82, 2.24) is 10.3 Å². The van der Waals surface area contributed by atoms with Crippen LogP contribution in [0.1, 0.15) is 39.0 Å². The van der Waals surface area contributed by atoms with Gasteiger partial charge in [0.05, 0.1) is 0 Å². The van der Waals surface area contributed by atoms with Crippen molar-refractivity contribution in [2.24, 2.45) is 5.73 Å². The number of carbonyl (C=O) groups is 1. The van der Waals surface area contributed by atoms with Crippen molar-refractivity contribution in [3.63, 3.8) is 0 Å². The normalized spacial score (nSPS) is 16.1. The average molecular weight is 324 g/mol. The van der Waals surface area contributed by atoms with Crippen molar-refractivity contribution in [1.29, 1.82) is 0 Å². The largest absolute Gasteiger partial charge is 0.350 e. The van der Waals surface area contributed by atoms with Gasteiger partial charge in [-0.1, -0.05) is 24.3 Å². The van der Waals surface area contributed by atoms with E-state index in [9.17, 15) is 4.79 Å². The summed E-state index contributed by atoms with van der Waals surface area (Å²) in [4.78, 5) is 16.2. The number of hydrogen-bond donors (Lipinski definition) is 2. The number of nitrogens with one attached hydrogen (secondary N) is 1. The number of nitrogens with two attached hydrogens (primary N) is 1. The topological polar surface area (TPSA) is 68.0 Å². The second kappa shape index (κ2) is 7.02. The van der Waals surface area contributed by atoms with Gasteiger partial charge in [-0.25, -0.2) is 4.98 Å². The molecule has 0 bridgehead atoms. The number of amides is 1. The van der Waals surface area contributed by atoms with E-state index < -0.39 is 0 Å². The molecule has 1 aliphatic rings. The summed E-state index contributed by atoms with van der Waals surface area (Å²) < 4.78 is 0. The molecule has 1 aliphatic carbocycles. The third-order valence-electron chi connectivity index (χ3n) is 3.73. The van der Waals surface area contributed by atoms with E-state index in [2.05, 4.69) is 34.6 Å². The lowest BCUT2D eigenvalue weighted by molar-refractivity contribution is 0.0946. The van der Waals surface area contributed by atoms with E-state index in [1.165, 1.54) is 22.5 Å². The van der Waals surface area contributed by atoms with Gasteiger partial charge in [-0.15, -0.1) is 23.7 Å². The van der Waals surface area contributed by atoms with Gasteiger partial charge in [-0.3, -0.25) is 4.79 Å². The van der Waals surface area contributed by atoms with Crippen molar-refractivity contribution >= 4 is 29.7 Å². The highest BCUT2D eigenvalue weighted by atomic mass is 35.5. The van der Waals surface area contributed by atoms with Crippen LogP contribution in [0, 0.1) is 0 Å². The SMILES string of the molecule is Cl.NCc1nc(C(=O)NCC2CCc3ccccc32)cs1. The molecular weight excluding hydrogens is 306 g/mol. The molecule has 3 N–H and O–H groups in total. The molecule has 0 saturated carbocycles. The van der Waals surface area contributed by atoms with E-state index >= 15 is 0 Å². The van der Waals surface area contributed by atoms with Crippen LogP contribution in [0.15, 0.2) is 29.6 Å². The van der Waals surface area contributed by atoms with Crippen molar-refractivity contribution in [3.05, 3.63) is 51.5 Å². The Labute approximate surface area is 134 Å². The number of aryl methyl sites for hydroxylation is 1. The molecule has 1 heterocycles. The number of fused-ring (bicyclic) bond motifs is 1. The Morgan fingerprint density at radius 3 is 3.00 bits per heavy atom. The van der Waals surface area contributed by atoms with Crippen LogP contribution in [0.25, 0.3) is 0 Å². The van der Waals surface area contributed by atoms with Crippen LogP contribution in [-0.2, 0) is 13.0 Å². The smallest absolute Gasteiger partial charge is 0.270 e. The van der Waals surface area contributed by atoms with Crippen LogP contribution in [0.5, 0.6) is 0 Å². The molecule has 4 nitrogen and oxygen atoms in total. The lowest BCUT2D eigenvalue weighted by Crippen LogP contribution is -2.28. The first kappa shape index (κ1) is 15.9. The van der Waals surface area contributed by atoms with Gasteiger partial charge in [0.2, 0.25) is 0 Å². The number of benzene rings is 1. The Hall–Kier alpha value is -1.43. The van der Waals surface area contributed by atoms with Crippen LogP contribution in [-0.4, -0.2) is 17.4 Å². The van der Waals surface area contributed by atoms with E-state index in [0.29, 0.717) is 24.7 Å². The second-order valence-electron chi connectivity index (χ2n) is 4.98. The van der Waals surface area contributed by atoms with Crippen LogP contribution in [0.4, 0.5) is 0 Å². The molecule has 112 valence electrons. The molecule has 2 aromatic rings. The molecule has 1 atom stereocenters. The summed E-state index contributed by atoms with van der Waals surface area (Å²) in [5.74, 6) is 0.313. The van der Waals surface area contributed by atoms with Gasteiger partial charge < -0.3 is 11.1 Å². The number of rotatable bonds is 4. The highest BCUT2D eigenvalue weighted by molar-refractivity contribution is 7.09. The highest BCUT2D eigenvalue weighted by Crippen LogP contribution is 2.32. The van der Waals surface area contributed by atoms with E-state index in [4.69, 9.17) is 5.73 Å². The van der Waals surface area contributed by atoms with E-state index in [1.807, 2.05) is 0 Å². The molecule has 0 saturated heterocycles. The van der Waals surface area contributed by atoms with Crippen molar-refractivity contribution < 1.29 is 4.79 Å². The molecule has 1 aromatic heterocycles. The van der Waals surface area contributed by atoms with Gasteiger partial charge in [0.15, 0.2) is 0 Å². The number of carbonyl (C=O) groups excluding carboxylic acids is 1. The minimum atomic E-state index is -0.106. The number of aromatic nitrogens is 1. The highest BCUT2D eigenvalue weighted by Gasteiger charge is 2.22. The first-order valence-corrected chi connectivity index (χ1v) is 7.66. The fraction of sp³-hybridized carbons (Fsp3) is 0.333. The molecule has 1 unspecified atom stereocenters. The quantitative estimate of drug-likeness (QED) is 0.908. The third-order valence-corrected chi connectivity index (χ3v) is 4.60. The molecule has 0 radical (unpaired) electrons. The average Bonchev–Trinajstić information content (AvgIpc) is 3.11. The van der Waals surface area contributed by atoms with Crippen LogP contribution in [0.3, 0.4) is 0 Å². The predicted octanol–water partition coefficient (Wildman–Crippen LogP) is 2.48. The van der Waals surface area contributed by atoms with Crippen molar-refractivity contribution in [3.8, 4) is 0 Å². The summed E-state index contributed by atoms with van der Waals surface area (Å²) in [5.41, 5.74) is 8.76. The lowest BCUT2D eigenvalue weighted by Gasteiger charge is -2.12. The van der Waals surface area contributed by atoms with Crippen molar-refractivity contribution in [2.45, 2.75) is 25.3 Å².